The molecule has 128 valence electrons. The standard InChI is InChI=1S/C16H21F2NO4/c1-22-13-5-11(6-14(8-13)23-2)7-15(21)19-4-3-16(17,18)12(9-19)10-20/h5-6,8,12,20H,3-4,7,9-10H2,1-2H3. The predicted molar refractivity (Wildman–Crippen MR) is 80.0 cm³/mol. The van der Waals surface area contributed by atoms with E-state index in [-0.39, 0.29) is 25.4 Å². The normalized spacial score (nSPS) is 20.2. The number of likely N-dealkylation sites (tertiary alicyclic amines) is 1. The first kappa shape index (κ1) is 17.5. The van der Waals surface area contributed by atoms with Crippen LogP contribution in [0.15, 0.2) is 18.2 Å². The lowest BCUT2D eigenvalue weighted by Crippen LogP contribution is -2.50. The zero-order valence-electron chi connectivity index (χ0n) is 13.2. The van der Waals surface area contributed by atoms with Crippen LogP contribution in [0.25, 0.3) is 0 Å². The lowest BCUT2D eigenvalue weighted by molar-refractivity contribution is -0.148. The first-order chi connectivity index (χ1) is 10.9. The number of hydrogen-bond acceptors (Lipinski definition) is 4. The number of methoxy groups -OCH3 is 2. The van der Waals surface area contributed by atoms with E-state index in [0.29, 0.717) is 17.1 Å². The molecule has 23 heavy (non-hydrogen) atoms. The summed E-state index contributed by atoms with van der Waals surface area (Å²) in [6.07, 6.45) is -0.358. The molecular weight excluding hydrogens is 308 g/mol. The van der Waals surface area contributed by atoms with Gasteiger partial charge in [-0.25, -0.2) is 8.78 Å². The number of carbonyl (C=O) groups excluding carboxylic acids is 1. The van der Waals surface area contributed by atoms with E-state index >= 15 is 0 Å². The summed E-state index contributed by atoms with van der Waals surface area (Å²) in [7, 11) is 3.03. The molecule has 2 rings (SSSR count). The second kappa shape index (κ2) is 7.12. The lowest BCUT2D eigenvalue weighted by Gasteiger charge is -2.37. The highest BCUT2D eigenvalue weighted by Gasteiger charge is 2.44. The number of ether oxygens (including phenoxy) is 2. The highest BCUT2D eigenvalue weighted by molar-refractivity contribution is 5.79. The quantitative estimate of drug-likeness (QED) is 0.894. The summed E-state index contributed by atoms with van der Waals surface area (Å²) < 4.78 is 37.5. The van der Waals surface area contributed by atoms with Crippen LogP contribution >= 0.6 is 0 Å². The Bertz CT molecular complexity index is 543. The van der Waals surface area contributed by atoms with Crippen LogP contribution in [-0.4, -0.2) is 55.8 Å². The summed E-state index contributed by atoms with van der Waals surface area (Å²) in [5, 5.41) is 9.10. The maximum atomic E-state index is 13.6. The van der Waals surface area contributed by atoms with Crippen molar-refractivity contribution in [1.29, 1.82) is 0 Å². The number of benzene rings is 1. The summed E-state index contributed by atoms with van der Waals surface area (Å²) in [5.74, 6) is -3.27. The molecule has 1 atom stereocenters. The number of piperidine rings is 1. The van der Waals surface area contributed by atoms with E-state index in [0.717, 1.165) is 0 Å². The Hall–Kier alpha value is -1.89. The molecular formula is C16H21F2NO4. The Morgan fingerprint density at radius 2 is 1.91 bits per heavy atom. The molecule has 0 spiro atoms. The molecule has 1 aromatic carbocycles. The Balaban J connectivity index is 2.07. The topological polar surface area (TPSA) is 59.0 Å². The number of carbonyl (C=O) groups is 1. The summed E-state index contributed by atoms with van der Waals surface area (Å²) in [6.45, 7) is -0.781. The van der Waals surface area contributed by atoms with Crippen LogP contribution < -0.4 is 9.47 Å². The summed E-state index contributed by atoms with van der Waals surface area (Å²) in [6, 6.07) is 5.11. The molecule has 7 heteroatoms. The maximum Gasteiger partial charge on any atom is 0.256 e. The van der Waals surface area contributed by atoms with E-state index in [9.17, 15) is 13.6 Å². The van der Waals surface area contributed by atoms with Gasteiger partial charge in [0.1, 0.15) is 11.5 Å². The molecule has 5 nitrogen and oxygen atoms in total. The van der Waals surface area contributed by atoms with Gasteiger partial charge in [-0.05, 0) is 17.7 Å². The van der Waals surface area contributed by atoms with E-state index in [4.69, 9.17) is 14.6 Å². The van der Waals surface area contributed by atoms with Gasteiger partial charge in [0.2, 0.25) is 5.91 Å². The van der Waals surface area contributed by atoms with Crippen LogP contribution in [0.3, 0.4) is 0 Å². The number of aliphatic hydroxyl groups excluding tert-OH is 1. The van der Waals surface area contributed by atoms with Gasteiger partial charge in [-0.3, -0.25) is 4.79 Å². The van der Waals surface area contributed by atoms with Crippen molar-refractivity contribution in [3.8, 4) is 11.5 Å². The molecule has 1 unspecified atom stereocenters. The lowest BCUT2D eigenvalue weighted by atomic mass is 9.94. The van der Waals surface area contributed by atoms with Crippen molar-refractivity contribution in [2.45, 2.75) is 18.8 Å². The van der Waals surface area contributed by atoms with E-state index in [2.05, 4.69) is 0 Å². The molecule has 1 heterocycles. The molecule has 1 amide bonds. The first-order valence-corrected chi connectivity index (χ1v) is 7.38. The molecule has 0 aliphatic carbocycles. The molecule has 0 radical (unpaired) electrons. The van der Waals surface area contributed by atoms with Gasteiger partial charge in [0.25, 0.3) is 5.92 Å². The van der Waals surface area contributed by atoms with Crippen LogP contribution in [0.5, 0.6) is 11.5 Å². The van der Waals surface area contributed by atoms with Crippen molar-refractivity contribution >= 4 is 5.91 Å². The highest BCUT2D eigenvalue weighted by Crippen LogP contribution is 2.33. The van der Waals surface area contributed by atoms with Crippen molar-refractivity contribution in [2.24, 2.45) is 5.92 Å². The molecule has 1 aliphatic rings. The molecule has 1 saturated heterocycles. The largest absolute Gasteiger partial charge is 0.497 e. The first-order valence-electron chi connectivity index (χ1n) is 7.38. The summed E-state index contributed by atoms with van der Waals surface area (Å²) >= 11 is 0. The molecule has 0 aromatic heterocycles. The molecule has 1 aliphatic heterocycles. The second-order valence-electron chi connectivity index (χ2n) is 5.63. The third kappa shape index (κ3) is 4.10. The van der Waals surface area contributed by atoms with Crippen molar-refractivity contribution in [3.63, 3.8) is 0 Å². The van der Waals surface area contributed by atoms with Crippen LogP contribution in [0.2, 0.25) is 0 Å². The third-order valence-corrected chi connectivity index (χ3v) is 4.09. The number of hydrogen-bond donors (Lipinski definition) is 1. The van der Waals surface area contributed by atoms with Crippen LogP contribution in [0.1, 0.15) is 12.0 Å². The second-order valence-corrected chi connectivity index (χ2v) is 5.63. The Labute approximate surface area is 133 Å². The van der Waals surface area contributed by atoms with Crippen LogP contribution in [0.4, 0.5) is 8.78 Å². The van der Waals surface area contributed by atoms with E-state index in [1.54, 1.807) is 18.2 Å². The number of rotatable bonds is 5. The average Bonchev–Trinajstić information content (AvgIpc) is 2.53. The average molecular weight is 329 g/mol. The number of aliphatic hydroxyl groups is 1. The predicted octanol–water partition coefficient (Wildman–Crippen LogP) is 1.72. The fourth-order valence-electron chi connectivity index (χ4n) is 2.65. The van der Waals surface area contributed by atoms with Crippen molar-refractivity contribution in [2.75, 3.05) is 33.9 Å². The van der Waals surface area contributed by atoms with E-state index < -0.39 is 24.9 Å². The van der Waals surface area contributed by atoms with Crippen molar-refractivity contribution < 1.29 is 28.2 Å². The van der Waals surface area contributed by atoms with Gasteiger partial charge in [-0.15, -0.1) is 0 Å². The SMILES string of the molecule is COc1cc(CC(=O)N2CCC(F)(F)C(CO)C2)cc(OC)c1. The smallest absolute Gasteiger partial charge is 0.256 e. The molecule has 1 fully saturated rings. The van der Waals surface area contributed by atoms with Gasteiger partial charge in [-0.2, -0.15) is 0 Å². The van der Waals surface area contributed by atoms with Crippen LogP contribution in [0, 0.1) is 5.92 Å². The van der Waals surface area contributed by atoms with Gasteiger partial charge < -0.3 is 19.5 Å². The number of nitrogens with zero attached hydrogens (tertiary/aromatic N) is 1. The van der Waals surface area contributed by atoms with Gasteiger partial charge in [0.05, 0.1) is 33.2 Å². The summed E-state index contributed by atoms with van der Waals surface area (Å²) in [5.41, 5.74) is 0.684. The zero-order valence-corrected chi connectivity index (χ0v) is 13.2. The molecule has 1 N–H and O–H groups in total. The zero-order chi connectivity index (χ0) is 17.0. The third-order valence-electron chi connectivity index (χ3n) is 4.09. The number of amides is 1. The summed E-state index contributed by atoms with van der Waals surface area (Å²) in [4.78, 5) is 13.7. The van der Waals surface area contributed by atoms with Crippen molar-refractivity contribution in [3.05, 3.63) is 23.8 Å². The fraction of sp³-hybridized carbons (Fsp3) is 0.562. The van der Waals surface area contributed by atoms with Gasteiger partial charge >= 0.3 is 0 Å². The van der Waals surface area contributed by atoms with Gasteiger partial charge in [0.15, 0.2) is 0 Å². The maximum absolute atomic E-state index is 13.6. The molecule has 1 aromatic rings. The Morgan fingerprint density at radius 3 is 2.43 bits per heavy atom. The Morgan fingerprint density at radius 1 is 1.30 bits per heavy atom. The minimum atomic E-state index is -2.93. The Kier molecular flexibility index (Phi) is 5.41. The fourth-order valence-corrected chi connectivity index (χ4v) is 2.65. The minimum Gasteiger partial charge on any atom is -0.497 e. The highest BCUT2D eigenvalue weighted by atomic mass is 19.3. The monoisotopic (exact) mass is 329 g/mol. The van der Waals surface area contributed by atoms with E-state index in [1.807, 2.05) is 0 Å². The van der Waals surface area contributed by atoms with E-state index in [1.165, 1.54) is 19.1 Å². The van der Waals surface area contributed by atoms with Gasteiger partial charge in [0, 0.05) is 25.6 Å². The number of halogens is 2. The van der Waals surface area contributed by atoms with Crippen molar-refractivity contribution in [1.82, 2.24) is 4.90 Å². The van der Waals surface area contributed by atoms with Crippen LogP contribution in [-0.2, 0) is 11.2 Å². The molecule has 0 bridgehead atoms. The number of alkyl halides is 2. The minimum absolute atomic E-state index is 0.0105. The van der Waals surface area contributed by atoms with Gasteiger partial charge in [-0.1, -0.05) is 0 Å². The molecule has 0 saturated carbocycles.